The number of hydrogen-bond donors (Lipinski definition) is 2. The van der Waals surface area contributed by atoms with Gasteiger partial charge in [0.05, 0.1) is 5.41 Å². The molecule has 1 aliphatic rings. The van der Waals surface area contributed by atoms with Crippen molar-refractivity contribution in [1.82, 2.24) is 15.3 Å². The van der Waals surface area contributed by atoms with E-state index in [0.29, 0.717) is 11.1 Å². The van der Waals surface area contributed by atoms with Gasteiger partial charge in [0.1, 0.15) is 6.04 Å². The fourth-order valence-electron chi connectivity index (χ4n) is 3.45. The number of alkyl halides is 3. The Hall–Kier alpha value is -3.00. The van der Waals surface area contributed by atoms with Crippen molar-refractivity contribution in [2.24, 2.45) is 11.1 Å². The Labute approximate surface area is 166 Å². The van der Waals surface area contributed by atoms with Gasteiger partial charge >= 0.3 is 6.18 Å². The van der Waals surface area contributed by atoms with E-state index in [1.54, 1.807) is 36.7 Å². The molecule has 0 radical (unpaired) electrons. The molecule has 3 rings (SSSR count). The Kier molecular flexibility index (Phi) is 6.12. The first-order chi connectivity index (χ1) is 13.8. The van der Waals surface area contributed by atoms with Crippen LogP contribution in [0.3, 0.4) is 0 Å². The Morgan fingerprint density at radius 2 is 1.93 bits per heavy atom. The maximum absolute atomic E-state index is 14.1. The molecule has 0 fully saturated rings. The van der Waals surface area contributed by atoms with Crippen molar-refractivity contribution in [3.05, 3.63) is 84.0 Å². The van der Waals surface area contributed by atoms with Crippen LogP contribution in [0.2, 0.25) is 0 Å². The fourth-order valence-corrected chi connectivity index (χ4v) is 3.45. The van der Waals surface area contributed by atoms with Crippen LogP contribution in [-0.4, -0.2) is 28.1 Å². The number of nitrogens with one attached hydrogen (secondary N) is 1. The van der Waals surface area contributed by atoms with Gasteiger partial charge in [-0.3, -0.25) is 20.1 Å². The summed E-state index contributed by atoms with van der Waals surface area (Å²) in [5, 5.41) is 2.97. The fraction of sp³-hybridized carbons (Fsp3) is 0.286. The molecule has 0 spiro atoms. The number of nitrogens with two attached hydrogens (primary N) is 1. The summed E-state index contributed by atoms with van der Waals surface area (Å²) in [4.78, 5) is 19.9. The van der Waals surface area contributed by atoms with Crippen LogP contribution in [0.15, 0.2) is 72.9 Å². The van der Waals surface area contributed by atoms with E-state index < -0.39 is 23.5 Å². The highest BCUT2D eigenvalue weighted by Gasteiger charge is 2.54. The summed E-state index contributed by atoms with van der Waals surface area (Å²) in [5.41, 5.74) is 4.99. The van der Waals surface area contributed by atoms with E-state index >= 15 is 0 Å². The maximum Gasteiger partial charge on any atom is 0.398 e. The van der Waals surface area contributed by atoms with Gasteiger partial charge in [-0.05, 0) is 47.7 Å². The highest BCUT2D eigenvalue weighted by atomic mass is 19.4. The van der Waals surface area contributed by atoms with Gasteiger partial charge in [-0.25, -0.2) is 0 Å². The molecular weight excluding hydrogens is 381 g/mol. The number of hydrogen-bond acceptors (Lipinski definition) is 4. The monoisotopic (exact) mass is 402 g/mol. The number of aromatic nitrogens is 2. The van der Waals surface area contributed by atoms with E-state index in [1.165, 1.54) is 24.5 Å². The second kappa shape index (κ2) is 8.57. The molecule has 3 N–H and O–H groups in total. The Balaban J connectivity index is 1.84. The lowest BCUT2D eigenvalue weighted by Crippen LogP contribution is -2.47. The first-order valence-corrected chi connectivity index (χ1v) is 9.06. The summed E-state index contributed by atoms with van der Waals surface area (Å²) in [6, 6.07) is 5.71. The minimum absolute atomic E-state index is 0.270. The van der Waals surface area contributed by atoms with Crippen molar-refractivity contribution < 1.29 is 18.0 Å². The van der Waals surface area contributed by atoms with E-state index in [9.17, 15) is 18.0 Å². The minimum Gasteiger partial charge on any atom is -0.368 e. The summed E-state index contributed by atoms with van der Waals surface area (Å²) in [5.74, 6) is -0.724. The molecule has 2 heterocycles. The van der Waals surface area contributed by atoms with E-state index in [4.69, 9.17) is 5.73 Å². The third kappa shape index (κ3) is 4.89. The number of allylic oxidation sites excluding steroid dienone is 3. The molecule has 29 heavy (non-hydrogen) atoms. The summed E-state index contributed by atoms with van der Waals surface area (Å²) in [6.07, 6.45) is 5.03. The summed E-state index contributed by atoms with van der Waals surface area (Å²) in [7, 11) is 0. The molecular formula is C21H21F3N4O. The lowest BCUT2D eigenvalue weighted by molar-refractivity contribution is -0.206. The highest BCUT2D eigenvalue weighted by Crippen LogP contribution is 2.48. The smallest absolute Gasteiger partial charge is 0.368 e. The van der Waals surface area contributed by atoms with Gasteiger partial charge in [-0.2, -0.15) is 13.2 Å². The van der Waals surface area contributed by atoms with E-state index in [1.807, 2.05) is 0 Å². The van der Waals surface area contributed by atoms with Gasteiger partial charge in [-0.1, -0.05) is 24.3 Å². The zero-order valence-electron chi connectivity index (χ0n) is 15.6. The molecule has 2 unspecified atom stereocenters. The van der Waals surface area contributed by atoms with Gasteiger partial charge in [-0.15, -0.1) is 0 Å². The number of carbonyl (C=O) groups excluding carboxylic acids is 1. The molecule has 8 heteroatoms. The van der Waals surface area contributed by atoms with Crippen molar-refractivity contribution in [2.75, 3.05) is 0 Å². The largest absolute Gasteiger partial charge is 0.398 e. The SMILES string of the molecule is NC(=O)C(NCc1ccncc1)C1=CC=CC(Cc2cccnc2)(C(F)(F)F)C1. The molecule has 152 valence electrons. The lowest BCUT2D eigenvalue weighted by Gasteiger charge is -2.37. The summed E-state index contributed by atoms with van der Waals surface area (Å²) < 4.78 is 42.4. The van der Waals surface area contributed by atoms with Crippen LogP contribution in [0.1, 0.15) is 17.5 Å². The van der Waals surface area contributed by atoms with E-state index in [2.05, 4.69) is 15.3 Å². The van der Waals surface area contributed by atoms with Gasteiger partial charge in [0.2, 0.25) is 5.91 Å². The van der Waals surface area contributed by atoms with Crippen molar-refractivity contribution in [2.45, 2.75) is 31.6 Å². The first kappa shape index (κ1) is 20.7. The number of rotatable bonds is 7. The zero-order chi connectivity index (χ0) is 20.9. The van der Waals surface area contributed by atoms with Crippen LogP contribution in [0.25, 0.3) is 0 Å². The molecule has 0 aromatic carbocycles. The number of pyridine rings is 2. The van der Waals surface area contributed by atoms with Crippen LogP contribution in [0.5, 0.6) is 0 Å². The van der Waals surface area contributed by atoms with Crippen LogP contribution in [-0.2, 0) is 17.8 Å². The third-order valence-corrected chi connectivity index (χ3v) is 4.97. The van der Waals surface area contributed by atoms with Gasteiger partial charge in [0.15, 0.2) is 0 Å². The van der Waals surface area contributed by atoms with Crippen molar-refractivity contribution in [3.8, 4) is 0 Å². The molecule has 1 aliphatic carbocycles. The van der Waals surface area contributed by atoms with Gasteiger partial charge < -0.3 is 5.73 Å². The number of amides is 1. The second-order valence-corrected chi connectivity index (χ2v) is 7.04. The molecule has 2 aromatic heterocycles. The van der Waals surface area contributed by atoms with Crippen LogP contribution in [0.4, 0.5) is 13.2 Å². The third-order valence-electron chi connectivity index (χ3n) is 4.97. The van der Waals surface area contributed by atoms with Crippen molar-refractivity contribution in [1.29, 1.82) is 0 Å². The Morgan fingerprint density at radius 3 is 2.55 bits per heavy atom. The average molecular weight is 402 g/mol. The lowest BCUT2D eigenvalue weighted by atomic mass is 9.72. The number of halogens is 3. The minimum atomic E-state index is -4.51. The van der Waals surface area contributed by atoms with Crippen LogP contribution >= 0.6 is 0 Å². The predicted octanol–water partition coefficient (Wildman–Crippen LogP) is 3.10. The molecule has 0 aliphatic heterocycles. The normalized spacial score (nSPS) is 20.2. The average Bonchev–Trinajstić information content (AvgIpc) is 2.69. The van der Waals surface area contributed by atoms with Gasteiger partial charge in [0.25, 0.3) is 0 Å². The van der Waals surface area contributed by atoms with Gasteiger partial charge in [0, 0.05) is 31.3 Å². The molecule has 0 saturated heterocycles. The number of carbonyl (C=O) groups is 1. The maximum atomic E-state index is 14.1. The topological polar surface area (TPSA) is 80.9 Å². The molecule has 0 bridgehead atoms. The zero-order valence-corrected chi connectivity index (χ0v) is 15.6. The van der Waals surface area contributed by atoms with Crippen LogP contribution in [0, 0.1) is 5.41 Å². The van der Waals surface area contributed by atoms with Crippen LogP contribution < -0.4 is 11.1 Å². The molecule has 5 nitrogen and oxygen atoms in total. The second-order valence-electron chi connectivity index (χ2n) is 7.04. The number of primary amides is 1. The Morgan fingerprint density at radius 1 is 1.17 bits per heavy atom. The molecule has 0 saturated carbocycles. The summed E-state index contributed by atoms with van der Waals surface area (Å²) in [6.45, 7) is 0.277. The Bertz CT molecular complexity index is 897. The summed E-state index contributed by atoms with van der Waals surface area (Å²) >= 11 is 0. The highest BCUT2D eigenvalue weighted by molar-refractivity contribution is 5.83. The molecule has 2 atom stereocenters. The molecule has 2 aromatic rings. The van der Waals surface area contributed by atoms with Crippen molar-refractivity contribution in [3.63, 3.8) is 0 Å². The first-order valence-electron chi connectivity index (χ1n) is 9.06. The van der Waals surface area contributed by atoms with E-state index in [-0.39, 0.29) is 19.4 Å². The molecule has 1 amide bonds. The standard InChI is InChI=1S/C21H21F3N4O/c22-21(23,24)20(11-16-3-2-8-27-13-16)7-1-4-17(12-20)18(19(25)29)28-14-15-5-9-26-10-6-15/h1-10,13,18,28H,11-12,14H2,(H2,25,29). The quantitative estimate of drug-likeness (QED) is 0.746. The van der Waals surface area contributed by atoms with E-state index in [0.717, 1.165) is 11.6 Å². The predicted molar refractivity (Wildman–Crippen MR) is 102 cm³/mol. The number of nitrogens with zero attached hydrogens (tertiary/aromatic N) is 2. The van der Waals surface area contributed by atoms with Crippen molar-refractivity contribution >= 4 is 5.91 Å².